The number of amides is 6. The summed E-state index contributed by atoms with van der Waals surface area (Å²) in [4.78, 5) is 76.2. The number of carbonyl (C=O) groups is 6. The van der Waals surface area contributed by atoms with Crippen molar-refractivity contribution in [2.75, 3.05) is 105 Å². The molecule has 0 saturated carbocycles. The summed E-state index contributed by atoms with van der Waals surface area (Å²) in [5, 5.41) is 81.7. The maximum Gasteiger partial charge on any atom is 0.276 e. The first kappa shape index (κ1) is 82.3. The second-order valence-electron chi connectivity index (χ2n) is 24.4. The Morgan fingerprint density at radius 2 is 0.429 bits per heavy atom. The van der Waals surface area contributed by atoms with Crippen LogP contribution in [0.25, 0.3) is 0 Å². The van der Waals surface area contributed by atoms with Crippen molar-refractivity contribution >= 4 is 35.4 Å². The third kappa shape index (κ3) is 29.3. The molecule has 0 atom stereocenters. The minimum atomic E-state index is -0.538. The normalized spacial score (nSPS) is 11.5. The van der Waals surface area contributed by atoms with E-state index in [1.807, 2.05) is 0 Å². The SMILES string of the molecule is NC(=O)Cn1cc(COCCOCc2cn(CCN(CCn3cc(COCCOCc4cn(CC(N)=O)nn4)nn3)C(=O)c3cn(CCOCCOCCn4cc(C(=O)N(CCn5cc(COCCOCc6cn(CC(N)=O)nn6)nn5)CCn5cc(COCCOCc6cn(CC(N)=O)nn6)nn5)nn4)nn3)nn2)nn1. The smallest absolute Gasteiger partial charge is 0.276 e. The molecule has 10 heterocycles. The van der Waals surface area contributed by atoms with Gasteiger partial charge in [-0.2, -0.15) is 0 Å². The minimum Gasteiger partial charge on any atom is -0.377 e. The fourth-order valence-corrected chi connectivity index (χ4v) is 10.0. The van der Waals surface area contributed by atoms with E-state index in [0.717, 1.165) is 0 Å². The first-order chi connectivity index (χ1) is 54.6. The largest absolute Gasteiger partial charge is 0.377 e. The van der Waals surface area contributed by atoms with Gasteiger partial charge in [-0.05, 0) is 0 Å². The fraction of sp³-hybridized carbons (Fsp3) is 0.567. The van der Waals surface area contributed by atoms with E-state index in [0.29, 0.717) is 45.6 Å². The van der Waals surface area contributed by atoms with E-state index >= 15 is 0 Å². The van der Waals surface area contributed by atoms with Crippen LogP contribution in [0.2, 0.25) is 0 Å². The van der Waals surface area contributed by atoms with Gasteiger partial charge in [-0.1, -0.05) is 52.1 Å². The number of carbonyl (C=O) groups excluding carboxylic acids is 6. The lowest BCUT2D eigenvalue weighted by Crippen LogP contribution is -2.37. The van der Waals surface area contributed by atoms with E-state index in [-0.39, 0.29) is 235 Å². The van der Waals surface area contributed by atoms with Gasteiger partial charge >= 0.3 is 0 Å². The lowest BCUT2D eigenvalue weighted by atomic mass is 10.3. The quantitative estimate of drug-likeness (QED) is 0.0257. The third-order valence-corrected chi connectivity index (χ3v) is 15.2. The molecule has 0 aliphatic carbocycles. The van der Waals surface area contributed by atoms with Crippen LogP contribution >= 0.6 is 0 Å². The van der Waals surface area contributed by atoms with Crippen molar-refractivity contribution in [2.24, 2.45) is 22.9 Å². The number of rotatable bonds is 59. The highest BCUT2D eigenvalue weighted by Gasteiger charge is 2.23. The van der Waals surface area contributed by atoms with E-state index in [4.69, 9.17) is 70.3 Å². The van der Waals surface area contributed by atoms with Gasteiger partial charge < -0.3 is 80.1 Å². The van der Waals surface area contributed by atoms with Gasteiger partial charge in [0.2, 0.25) is 23.6 Å². The second-order valence-corrected chi connectivity index (χ2v) is 24.4. The molecule has 6 amide bonds. The van der Waals surface area contributed by atoms with E-state index in [2.05, 4.69) is 103 Å². The Morgan fingerprint density at radius 3 is 0.652 bits per heavy atom. The van der Waals surface area contributed by atoms with Crippen LogP contribution in [0.3, 0.4) is 0 Å². The molecule has 0 unspecified atom stereocenters. The van der Waals surface area contributed by atoms with Crippen molar-refractivity contribution in [1.82, 2.24) is 160 Å². The van der Waals surface area contributed by atoms with Gasteiger partial charge in [0.25, 0.3) is 11.8 Å². The van der Waals surface area contributed by atoms with Gasteiger partial charge in [-0.3, -0.25) is 47.5 Å². The van der Waals surface area contributed by atoms with Crippen molar-refractivity contribution in [2.45, 2.75) is 118 Å². The molecule has 0 bridgehead atoms. The second kappa shape index (κ2) is 44.5. The van der Waals surface area contributed by atoms with E-state index in [9.17, 15) is 28.8 Å². The van der Waals surface area contributed by atoms with Crippen LogP contribution in [-0.4, -0.2) is 301 Å². The number of primary amides is 4. The molecule has 0 aliphatic rings. The molecule has 52 nitrogen and oxygen atoms in total. The Morgan fingerprint density at radius 1 is 0.241 bits per heavy atom. The summed E-state index contributed by atoms with van der Waals surface area (Å²) in [7, 11) is 0. The van der Waals surface area contributed by atoms with Gasteiger partial charge in [0.15, 0.2) is 11.4 Å². The molecule has 602 valence electrons. The number of hydrogen-bond donors (Lipinski definition) is 4. The molecular weight excluding hydrogens is 1480 g/mol. The summed E-state index contributed by atoms with van der Waals surface area (Å²) < 4.78 is 71.8. The Kier molecular flexibility index (Phi) is 32.7. The zero-order chi connectivity index (χ0) is 78.5. The zero-order valence-corrected chi connectivity index (χ0v) is 61.0. The maximum atomic E-state index is 14.2. The highest BCUT2D eigenvalue weighted by molar-refractivity contribution is 5.92. The van der Waals surface area contributed by atoms with Gasteiger partial charge in [-0.15, -0.1) is 51.0 Å². The van der Waals surface area contributed by atoms with E-state index < -0.39 is 35.4 Å². The van der Waals surface area contributed by atoms with Crippen LogP contribution in [0.4, 0.5) is 0 Å². The molecule has 0 aromatic carbocycles. The molecule has 10 rings (SSSR count). The van der Waals surface area contributed by atoms with Gasteiger partial charge in [0, 0.05) is 26.2 Å². The summed E-state index contributed by atoms with van der Waals surface area (Å²) in [6.45, 7) is 6.23. The Hall–Kier alpha value is -12.2. The van der Waals surface area contributed by atoms with Crippen molar-refractivity contribution in [3.05, 3.63) is 119 Å². The highest BCUT2D eigenvalue weighted by atomic mass is 16.5. The minimum absolute atomic E-state index is 0.0871. The van der Waals surface area contributed by atoms with E-state index in [1.54, 1.807) is 90.5 Å². The standard InChI is InChI=1S/C60H86N36O16/c61-55(97)33-93-27-49(69-79-93)41-109-19-15-105-37-45-23-87(75-65-45)5-1-85(2-6-88-24-46(66-76-88)38-106-16-20-110-42-50-28-94(80-70-50)34-56(62)98)59(101)53-31-91(83-73-53)9-11-103-13-14-104-12-10-92-32-54(74-84-92)60(102)86(3-7-89-25-47(67-77-89)39-107-17-21-111-43-51-29-95(81-71-51)35-57(63)99)4-8-90-26-48(68-78-90)40-108-18-22-112-44-52-30-96(82-72-52)36-58(64)100/h23-32H,1-22,33-44H2,(H2,61,97)(H2,62,98)(H2,63,99)(H2,64,100). The molecule has 0 radical (unpaired) electrons. The number of nitrogens with two attached hydrogens (primary N) is 4. The first-order valence-corrected chi connectivity index (χ1v) is 35.0. The topological polar surface area (TPSA) is 612 Å². The highest BCUT2D eigenvalue weighted by Crippen LogP contribution is 2.10. The average Bonchev–Trinajstić information content (AvgIpc) is 1.51. The molecule has 8 N–H and O–H groups in total. The van der Waals surface area contributed by atoms with Crippen molar-refractivity contribution in [1.29, 1.82) is 0 Å². The summed E-state index contributed by atoms with van der Waals surface area (Å²) in [6.07, 6.45) is 16.2. The van der Waals surface area contributed by atoms with Crippen LogP contribution in [0, 0.1) is 0 Å². The van der Waals surface area contributed by atoms with Gasteiger partial charge in [-0.25, -0.2) is 28.1 Å². The van der Waals surface area contributed by atoms with Gasteiger partial charge in [0.1, 0.15) is 71.7 Å². The summed E-state index contributed by atoms with van der Waals surface area (Å²) in [5.74, 6) is -2.95. The Balaban J connectivity index is 0.646. The van der Waals surface area contributed by atoms with Gasteiger partial charge in [0.05, 0.1) is 233 Å². The predicted octanol–water partition coefficient (Wildman–Crippen LogP) is -7.11. The van der Waals surface area contributed by atoms with E-state index in [1.165, 1.54) is 28.1 Å². The van der Waals surface area contributed by atoms with Crippen molar-refractivity contribution < 1.29 is 76.1 Å². The molecule has 10 aromatic rings. The number of ether oxygens (including phenoxy) is 10. The zero-order valence-electron chi connectivity index (χ0n) is 61.0. The van der Waals surface area contributed by atoms with Crippen LogP contribution in [-0.2, 0) is 185 Å². The van der Waals surface area contributed by atoms with Crippen LogP contribution < -0.4 is 22.9 Å². The monoisotopic (exact) mass is 1570 g/mol. The third-order valence-electron chi connectivity index (χ3n) is 15.2. The first-order valence-electron chi connectivity index (χ1n) is 35.0. The molecule has 0 spiro atoms. The lowest BCUT2D eigenvalue weighted by Gasteiger charge is -2.21. The predicted molar refractivity (Wildman–Crippen MR) is 368 cm³/mol. The fourth-order valence-electron chi connectivity index (χ4n) is 10.0. The summed E-state index contributed by atoms with van der Waals surface area (Å²) in [5.41, 5.74) is 25.4. The molecule has 0 fully saturated rings. The molecule has 10 aromatic heterocycles. The van der Waals surface area contributed by atoms with Crippen molar-refractivity contribution in [3.8, 4) is 0 Å². The summed E-state index contributed by atoms with van der Waals surface area (Å²) >= 11 is 0. The number of hydrogen-bond acceptors (Lipinski definition) is 36. The Labute approximate surface area is 634 Å². The lowest BCUT2D eigenvalue weighted by molar-refractivity contribution is -0.119. The molecule has 0 saturated heterocycles. The molecule has 0 aliphatic heterocycles. The number of nitrogens with zero attached hydrogens (tertiary/aromatic N) is 32. The van der Waals surface area contributed by atoms with Crippen LogP contribution in [0.15, 0.2) is 62.0 Å². The maximum absolute atomic E-state index is 14.2. The average molecular weight is 1570 g/mol. The molecule has 52 heteroatoms. The Bertz CT molecular complexity index is 4000. The van der Waals surface area contributed by atoms with Crippen LogP contribution in [0.5, 0.6) is 0 Å². The van der Waals surface area contributed by atoms with Crippen LogP contribution in [0.1, 0.15) is 66.5 Å². The molecule has 112 heavy (non-hydrogen) atoms. The molecular formula is C60H86N36O16. The number of aromatic nitrogens is 30. The van der Waals surface area contributed by atoms with Crippen molar-refractivity contribution in [3.63, 3.8) is 0 Å². The summed E-state index contributed by atoms with van der Waals surface area (Å²) in [6, 6.07) is 0.